The molecule has 1 N–H and O–H groups in total. The largest absolute Gasteiger partial charge is 0.480 e. The van der Waals surface area contributed by atoms with Crippen LogP contribution in [-0.2, 0) is 0 Å². The highest BCUT2D eigenvalue weighted by atomic mass is 19.2. The number of aryl methyl sites for hydroxylation is 1. The van der Waals surface area contributed by atoms with E-state index in [1.54, 1.807) is 24.3 Å². The number of nitrogens with zero attached hydrogens (tertiary/aromatic N) is 2. The SMILES string of the molecule is CCNC(c1ccc(OC)nn1)c1ccc(C)c(F)c1F. The summed E-state index contributed by atoms with van der Waals surface area (Å²) in [6, 6.07) is 5.86. The summed E-state index contributed by atoms with van der Waals surface area (Å²) in [5, 5.41) is 11.0. The monoisotopic (exact) mass is 293 g/mol. The minimum atomic E-state index is -0.862. The van der Waals surface area contributed by atoms with Gasteiger partial charge in [-0.1, -0.05) is 19.1 Å². The van der Waals surface area contributed by atoms with Crippen molar-refractivity contribution in [2.24, 2.45) is 0 Å². The number of aromatic nitrogens is 2. The molecule has 6 heteroatoms. The molecule has 1 atom stereocenters. The van der Waals surface area contributed by atoms with Gasteiger partial charge >= 0.3 is 0 Å². The van der Waals surface area contributed by atoms with E-state index in [0.717, 1.165) is 0 Å². The van der Waals surface area contributed by atoms with Crippen molar-refractivity contribution in [2.75, 3.05) is 13.7 Å². The maximum absolute atomic E-state index is 14.2. The summed E-state index contributed by atoms with van der Waals surface area (Å²) in [4.78, 5) is 0. The first-order valence-electron chi connectivity index (χ1n) is 6.64. The van der Waals surface area contributed by atoms with Crippen LogP contribution in [0.2, 0.25) is 0 Å². The van der Waals surface area contributed by atoms with Crippen molar-refractivity contribution in [3.63, 3.8) is 0 Å². The van der Waals surface area contributed by atoms with Crippen molar-refractivity contribution in [3.8, 4) is 5.88 Å². The highest BCUT2D eigenvalue weighted by Crippen LogP contribution is 2.26. The van der Waals surface area contributed by atoms with Crippen LogP contribution in [0.1, 0.15) is 29.8 Å². The third-order valence-electron chi connectivity index (χ3n) is 3.19. The molecule has 2 aromatic rings. The van der Waals surface area contributed by atoms with Gasteiger partial charge in [0.2, 0.25) is 5.88 Å². The van der Waals surface area contributed by atoms with Crippen LogP contribution in [0.15, 0.2) is 24.3 Å². The van der Waals surface area contributed by atoms with Crippen molar-refractivity contribution in [2.45, 2.75) is 19.9 Å². The second-order valence-electron chi connectivity index (χ2n) is 4.59. The maximum Gasteiger partial charge on any atom is 0.233 e. The molecule has 0 aliphatic rings. The molecule has 0 bridgehead atoms. The number of rotatable bonds is 5. The van der Waals surface area contributed by atoms with E-state index in [9.17, 15) is 8.78 Å². The lowest BCUT2D eigenvalue weighted by Crippen LogP contribution is -2.24. The minimum Gasteiger partial charge on any atom is -0.480 e. The predicted molar refractivity (Wildman–Crippen MR) is 75.2 cm³/mol. The van der Waals surface area contributed by atoms with Gasteiger partial charge in [-0.05, 0) is 25.1 Å². The minimum absolute atomic E-state index is 0.208. The van der Waals surface area contributed by atoms with Gasteiger partial charge < -0.3 is 10.1 Å². The van der Waals surface area contributed by atoms with E-state index < -0.39 is 17.7 Å². The first-order chi connectivity index (χ1) is 10.1. The van der Waals surface area contributed by atoms with E-state index in [4.69, 9.17) is 4.74 Å². The molecule has 0 spiro atoms. The Hall–Kier alpha value is -2.08. The predicted octanol–water partition coefficient (Wildman–Crippen LogP) is 2.77. The van der Waals surface area contributed by atoms with E-state index in [0.29, 0.717) is 18.1 Å². The van der Waals surface area contributed by atoms with E-state index in [1.807, 2.05) is 6.92 Å². The van der Waals surface area contributed by atoms with E-state index in [1.165, 1.54) is 14.0 Å². The van der Waals surface area contributed by atoms with E-state index in [-0.39, 0.29) is 11.1 Å². The van der Waals surface area contributed by atoms with Crippen LogP contribution >= 0.6 is 0 Å². The van der Waals surface area contributed by atoms with Crippen LogP contribution in [0.5, 0.6) is 5.88 Å². The van der Waals surface area contributed by atoms with Gasteiger partial charge in [-0.2, -0.15) is 0 Å². The number of ether oxygens (including phenoxy) is 1. The van der Waals surface area contributed by atoms with Gasteiger partial charge in [-0.25, -0.2) is 8.78 Å². The number of nitrogens with one attached hydrogen (secondary N) is 1. The lowest BCUT2D eigenvalue weighted by Gasteiger charge is -2.19. The first-order valence-corrected chi connectivity index (χ1v) is 6.64. The fourth-order valence-electron chi connectivity index (χ4n) is 2.06. The molecule has 0 saturated heterocycles. The average molecular weight is 293 g/mol. The molecule has 21 heavy (non-hydrogen) atoms. The van der Waals surface area contributed by atoms with Gasteiger partial charge in [0.05, 0.1) is 18.8 Å². The van der Waals surface area contributed by atoms with Crippen LogP contribution in [0.4, 0.5) is 8.78 Å². The Labute approximate surface area is 122 Å². The van der Waals surface area contributed by atoms with Crippen LogP contribution in [-0.4, -0.2) is 23.9 Å². The standard InChI is InChI=1S/C15H17F2N3O/c1-4-18-15(11-7-8-12(21-3)20-19-11)10-6-5-9(2)13(16)14(10)17/h5-8,15,18H,4H2,1-3H3. The Balaban J connectivity index is 2.45. The Morgan fingerprint density at radius 1 is 1.14 bits per heavy atom. The Morgan fingerprint density at radius 3 is 2.48 bits per heavy atom. The summed E-state index contributed by atoms with van der Waals surface area (Å²) >= 11 is 0. The zero-order valence-electron chi connectivity index (χ0n) is 12.2. The zero-order chi connectivity index (χ0) is 15.4. The topological polar surface area (TPSA) is 47.0 Å². The van der Waals surface area contributed by atoms with Crippen molar-refractivity contribution in [3.05, 3.63) is 52.7 Å². The van der Waals surface area contributed by atoms with Gasteiger partial charge in [0.25, 0.3) is 0 Å². The summed E-state index contributed by atoms with van der Waals surface area (Å²) in [5.74, 6) is -1.33. The molecule has 0 fully saturated rings. The lowest BCUT2D eigenvalue weighted by atomic mass is 10.0. The number of methoxy groups -OCH3 is 1. The zero-order valence-corrected chi connectivity index (χ0v) is 12.2. The first kappa shape index (κ1) is 15.3. The Kier molecular flexibility index (Phi) is 4.80. The molecule has 2 rings (SSSR count). The summed E-state index contributed by atoms with van der Waals surface area (Å²) in [6.07, 6.45) is 0. The number of halogens is 2. The molecular formula is C15H17F2N3O. The van der Waals surface area contributed by atoms with Crippen LogP contribution in [0.3, 0.4) is 0 Å². The normalized spacial score (nSPS) is 12.2. The molecule has 0 amide bonds. The number of hydrogen-bond donors (Lipinski definition) is 1. The van der Waals surface area contributed by atoms with E-state index in [2.05, 4.69) is 15.5 Å². The highest BCUT2D eigenvalue weighted by molar-refractivity contribution is 5.33. The average Bonchev–Trinajstić information content (AvgIpc) is 2.51. The molecular weight excluding hydrogens is 276 g/mol. The highest BCUT2D eigenvalue weighted by Gasteiger charge is 2.22. The smallest absolute Gasteiger partial charge is 0.233 e. The van der Waals surface area contributed by atoms with Gasteiger partial charge in [0, 0.05) is 11.6 Å². The molecule has 0 radical (unpaired) electrons. The molecule has 0 saturated carbocycles. The van der Waals surface area contributed by atoms with Gasteiger partial charge in [0.15, 0.2) is 11.6 Å². The summed E-state index contributed by atoms with van der Waals surface area (Å²) < 4.78 is 32.9. The Morgan fingerprint density at radius 2 is 1.90 bits per heavy atom. The Bertz CT molecular complexity index is 617. The summed E-state index contributed by atoms with van der Waals surface area (Å²) in [7, 11) is 1.49. The quantitative estimate of drug-likeness (QED) is 0.921. The fourth-order valence-corrected chi connectivity index (χ4v) is 2.06. The van der Waals surface area contributed by atoms with Crippen molar-refractivity contribution in [1.82, 2.24) is 15.5 Å². The van der Waals surface area contributed by atoms with Crippen LogP contribution < -0.4 is 10.1 Å². The van der Waals surface area contributed by atoms with Crippen LogP contribution in [0, 0.1) is 18.6 Å². The van der Waals surface area contributed by atoms with Gasteiger partial charge in [-0.15, -0.1) is 10.2 Å². The van der Waals surface area contributed by atoms with Crippen LogP contribution in [0.25, 0.3) is 0 Å². The molecule has 1 heterocycles. The van der Waals surface area contributed by atoms with Crippen molar-refractivity contribution in [1.29, 1.82) is 0 Å². The summed E-state index contributed by atoms with van der Waals surface area (Å²) in [6.45, 7) is 3.98. The number of benzene rings is 1. The molecule has 112 valence electrons. The molecule has 0 aliphatic carbocycles. The molecule has 1 unspecified atom stereocenters. The van der Waals surface area contributed by atoms with E-state index >= 15 is 0 Å². The second kappa shape index (κ2) is 6.58. The molecule has 0 aliphatic heterocycles. The second-order valence-corrected chi connectivity index (χ2v) is 4.59. The summed E-state index contributed by atoms with van der Waals surface area (Å²) in [5.41, 5.74) is 0.978. The third-order valence-corrected chi connectivity index (χ3v) is 3.19. The third kappa shape index (κ3) is 3.16. The lowest BCUT2D eigenvalue weighted by molar-refractivity contribution is 0.389. The molecule has 1 aromatic carbocycles. The fraction of sp³-hybridized carbons (Fsp3) is 0.333. The van der Waals surface area contributed by atoms with Crippen molar-refractivity contribution >= 4 is 0 Å². The molecule has 4 nitrogen and oxygen atoms in total. The van der Waals surface area contributed by atoms with Gasteiger partial charge in [-0.3, -0.25) is 0 Å². The maximum atomic E-state index is 14.2. The molecule has 1 aromatic heterocycles. The van der Waals surface area contributed by atoms with Crippen molar-refractivity contribution < 1.29 is 13.5 Å². The number of hydrogen-bond acceptors (Lipinski definition) is 4. The van der Waals surface area contributed by atoms with Gasteiger partial charge in [0.1, 0.15) is 0 Å².